The van der Waals surface area contributed by atoms with Crippen molar-refractivity contribution in [3.63, 3.8) is 0 Å². The van der Waals surface area contributed by atoms with E-state index in [1.807, 2.05) is 29.6 Å². The molecule has 0 fully saturated rings. The predicted octanol–water partition coefficient (Wildman–Crippen LogP) is 3.39. The average molecular weight is 226 g/mol. The zero-order chi connectivity index (χ0) is 10.2. The molecule has 0 bridgehead atoms. The number of thioether (sulfide) groups is 2. The van der Waals surface area contributed by atoms with Gasteiger partial charge in [-0.2, -0.15) is 23.5 Å². The molecule has 0 aliphatic heterocycles. The van der Waals surface area contributed by atoms with Crippen LogP contribution in [0.2, 0.25) is 0 Å². The van der Waals surface area contributed by atoms with Crippen LogP contribution < -0.4 is 0 Å². The van der Waals surface area contributed by atoms with E-state index in [2.05, 4.69) is 31.0 Å². The molecule has 0 aliphatic carbocycles. The van der Waals surface area contributed by atoms with Gasteiger partial charge < -0.3 is 0 Å². The maximum absolute atomic E-state index is 4.55. The molecular formula is C11H16NS2. The van der Waals surface area contributed by atoms with Gasteiger partial charge in [-0.1, -0.05) is 19.9 Å². The highest BCUT2D eigenvalue weighted by Crippen LogP contribution is 2.13. The zero-order valence-corrected chi connectivity index (χ0v) is 10.4. The van der Waals surface area contributed by atoms with Crippen LogP contribution in [-0.4, -0.2) is 16.5 Å². The van der Waals surface area contributed by atoms with Gasteiger partial charge in [0.2, 0.25) is 0 Å². The van der Waals surface area contributed by atoms with E-state index in [1.165, 1.54) is 5.69 Å². The molecule has 14 heavy (non-hydrogen) atoms. The van der Waals surface area contributed by atoms with E-state index in [0.717, 1.165) is 28.7 Å². The summed E-state index contributed by atoms with van der Waals surface area (Å²) in [6, 6.07) is 7.23. The second-order valence-electron chi connectivity index (χ2n) is 2.80. The Balaban J connectivity index is 2.50. The van der Waals surface area contributed by atoms with E-state index in [-0.39, 0.29) is 0 Å². The van der Waals surface area contributed by atoms with Crippen LogP contribution >= 0.6 is 23.5 Å². The molecule has 1 aromatic rings. The van der Waals surface area contributed by atoms with Gasteiger partial charge in [-0.05, 0) is 17.6 Å². The van der Waals surface area contributed by atoms with Crippen LogP contribution in [0, 0.1) is 6.07 Å². The summed E-state index contributed by atoms with van der Waals surface area (Å²) in [4.78, 5) is 4.55. The number of rotatable bonds is 6. The van der Waals surface area contributed by atoms with Gasteiger partial charge in [0.1, 0.15) is 0 Å². The van der Waals surface area contributed by atoms with Gasteiger partial charge in [0, 0.05) is 17.6 Å². The molecular weight excluding hydrogens is 210 g/mol. The maximum Gasteiger partial charge on any atom is 0.0585 e. The minimum Gasteiger partial charge on any atom is -0.255 e. The molecule has 0 N–H and O–H groups in total. The van der Waals surface area contributed by atoms with Crippen molar-refractivity contribution >= 4 is 23.5 Å². The molecule has 0 aliphatic rings. The first-order valence-electron chi connectivity index (χ1n) is 4.88. The lowest BCUT2D eigenvalue weighted by Gasteiger charge is -2.02. The second-order valence-corrected chi connectivity index (χ2v) is 5.35. The van der Waals surface area contributed by atoms with Gasteiger partial charge in [-0.25, -0.2) is 0 Å². The van der Waals surface area contributed by atoms with Crippen molar-refractivity contribution in [3.05, 3.63) is 29.6 Å². The maximum atomic E-state index is 4.55. The third-order valence-corrected chi connectivity index (χ3v) is 3.50. The van der Waals surface area contributed by atoms with Crippen LogP contribution in [0.3, 0.4) is 0 Å². The first-order chi connectivity index (χ1) is 6.86. The summed E-state index contributed by atoms with van der Waals surface area (Å²) < 4.78 is 0. The topological polar surface area (TPSA) is 12.9 Å². The van der Waals surface area contributed by atoms with Gasteiger partial charge >= 0.3 is 0 Å². The Morgan fingerprint density at radius 2 is 1.93 bits per heavy atom. The van der Waals surface area contributed by atoms with Crippen LogP contribution in [0.1, 0.15) is 25.2 Å². The molecule has 77 valence electrons. The molecule has 3 heteroatoms. The summed E-state index contributed by atoms with van der Waals surface area (Å²) in [7, 11) is 0. The number of hydrogen-bond acceptors (Lipinski definition) is 3. The first-order valence-corrected chi connectivity index (χ1v) is 7.19. The van der Waals surface area contributed by atoms with Gasteiger partial charge in [0.05, 0.1) is 11.4 Å². The van der Waals surface area contributed by atoms with Crippen molar-refractivity contribution in [2.24, 2.45) is 0 Å². The number of nitrogens with zero attached hydrogens (tertiary/aromatic N) is 1. The molecule has 0 saturated carbocycles. The van der Waals surface area contributed by atoms with Crippen LogP contribution in [0.15, 0.2) is 12.1 Å². The Morgan fingerprint density at radius 3 is 2.64 bits per heavy atom. The summed E-state index contributed by atoms with van der Waals surface area (Å²) in [5, 5.41) is 0. The monoisotopic (exact) mass is 226 g/mol. The third-order valence-electron chi connectivity index (χ3n) is 1.70. The molecule has 1 nitrogen and oxygen atoms in total. The van der Waals surface area contributed by atoms with Gasteiger partial charge in [-0.15, -0.1) is 0 Å². The van der Waals surface area contributed by atoms with Gasteiger partial charge in [0.25, 0.3) is 0 Å². The lowest BCUT2D eigenvalue weighted by atomic mass is 10.3. The number of pyridine rings is 1. The molecule has 1 rings (SSSR count). The average Bonchev–Trinajstić information content (AvgIpc) is 2.24. The molecule has 0 spiro atoms. The van der Waals surface area contributed by atoms with Crippen molar-refractivity contribution in [2.75, 3.05) is 11.5 Å². The largest absolute Gasteiger partial charge is 0.255 e. The van der Waals surface area contributed by atoms with E-state index in [9.17, 15) is 0 Å². The molecule has 0 amide bonds. The summed E-state index contributed by atoms with van der Waals surface area (Å²) in [6.07, 6.45) is 0. The summed E-state index contributed by atoms with van der Waals surface area (Å²) in [5.41, 5.74) is 2.27. The lowest BCUT2D eigenvalue weighted by molar-refractivity contribution is 1.09. The van der Waals surface area contributed by atoms with E-state index < -0.39 is 0 Å². The Kier molecular flexibility index (Phi) is 6.12. The van der Waals surface area contributed by atoms with Crippen molar-refractivity contribution in [2.45, 2.75) is 25.4 Å². The normalized spacial score (nSPS) is 10.4. The van der Waals surface area contributed by atoms with Crippen LogP contribution in [-0.2, 0) is 11.5 Å². The minimum atomic E-state index is 0.987. The summed E-state index contributed by atoms with van der Waals surface area (Å²) in [6.45, 7) is 4.34. The predicted molar refractivity (Wildman–Crippen MR) is 66.7 cm³/mol. The van der Waals surface area contributed by atoms with Crippen LogP contribution in [0.5, 0.6) is 0 Å². The third kappa shape index (κ3) is 4.38. The molecule has 1 radical (unpaired) electrons. The number of hydrogen-bond donors (Lipinski definition) is 0. The highest BCUT2D eigenvalue weighted by molar-refractivity contribution is 7.98. The van der Waals surface area contributed by atoms with E-state index in [1.54, 1.807) is 0 Å². The fraction of sp³-hybridized carbons (Fsp3) is 0.545. The van der Waals surface area contributed by atoms with Gasteiger partial charge in [0.15, 0.2) is 0 Å². The van der Waals surface area contributed by atoms with Crippen molar-refractivity contribution < 1.29 is 0 Å². The molecule has 0 aromatic carbocycles. The smallest absolute Gasteiger partial charge is 0.0585 e. The standard InChI is InChI=1S/C11H16NS2/c1-3-13-8-10-6-5-7-11(12-10)9-14-4-2/h5-6H,3-4,8-9H2,1-2H3. The Bertz CT molecular complexity index is 240. The SMILES string of the molecule is CCSCc1[c]ccc(CSCC)n1. The quantitative estimate of drug-likeness (QED) is 0.738. The van der Waals surface area contributed by atoms with Crippen LogP contribution in [0.25, 0.3) is 0 Å². The lowest BCUT2D eigenvalue weighted by Crippen LogP contribution is -1.93. The van der Waals surface area contributed by atoms with Crippen molar-refractivity contribution in [1.29, 1.82) is 0 Å². The van der Waals surface area contributed by atoms with E-state index in [0.29, 0.717) is 0 Å². The van der Waals surface area contributed by atoms with Crippen molar-refractivity contribution in [3.8, 4) is 0 Å². The second kappa shape index (κ2) is 7.18. The Morgan fingerprint density at radius 1 is 1.21 bits per heavy atom. The van der Waals surface area contributed by atoms with Crippen molar-refractivity contribution in [1.82, 2.24) is 4.98 Å². The Labute approximate surface area is 95.1 Å². The van der Waals surface area contributed by atoms with Gasteiger partial charge in [-0.3, -0.25) is 4.98 Å². The fourth-order valence-corrected chi connectivity index (χ4v) is 2.16. The molecule has 1 aromatic heterocycles. The molecule has 0 unspecified atom stereocenters. The molecule has 0 saturated heterocycles. The van der Waals surface area contributed by atoms with E-state index >= 15 is 0 Å². The minimum absolute atomic E-state index is 0.987. The fourth-order valence-electron chi connectivity index (χ4n) is 1.04. The van der Waals surface area contributed by atoms with Crippen LogP contribution in [0.4, 0.5) is 0 Å². The Hall–Kier alpha value is -0.150. The highest BCUT2D eigenvalue weighted by atomic mass is 32.2. The number of aromatic nitrogens is 1. The zero-order valence-electron chi connectivity index (χ0n) is 8.75. The summed E-state index contributed by atoms with van der Waals surface area (Å²) >= 11 is 3.80. The molecule has 1 heterocycles. The summed E-state index contributed by atoms with van der Waals surface area (Å²) in [5.74, 6) is 4.30. The van der Waals surface area contributed by atoms with E-state index in [4.69, 9.17) is 0 Å². The first kappa shape index (κ1) is 11.9. The highest BCUT2D eigenvalue weighted by Gasteiger charge is 1.98. The molecule has 0 atom stereocenters.